The van der Waals surface area contributed by atoms with Crippen molar-refractivity contribution < 1.29 is 4.79 Å². The van der Waals surface area contributed by atoms with Crippen LogP contribution >= 0.6 is 0 Å². The average molecular weight is 350 g/mol. The van der Waals surface area contributed by atoms with Gasteiger partial charge in [-0.1, -0.05) is 13.8 Å². The highest BCUT2D eigenvalue weighted by molar-refractivity contribution is 5.78. The first kappa shape index (κ1) is 20.2. The molecule has 0 aromatic rings. The van der Waals surface area contributed by atoms with E-state index in [9.17, 15) is 10.1 Å². The summed E-state index contributed by atoms with van der Waals surface area (Å²) in [5, 5.41) is 9.34. The smallest absolute Gasteiger partial charge is 0.236 e. The SMILES string of the molecule is CC(C)[C@H](C#N)N1CCN(C(=O)CN(C)[C@@H]2CCN(C)[C@@H](C)C2)CC1. The molecule has 0 aromatic heterocycles. The maximum absolute atomic E-state index is 12.7. The van der Waals surface area contributed by atoms with Crippen LogP contribution in [0.2, 0.25) is 0 Å². The van der Waals surface area contributed by atoms with E-state index in [2.05, 4.69) is 55.6 Å². The van der Waals surface area contributed by atoms with Crippen molar-refractivity contribution in [3.63, 3.8) is 0 Å². The van der Waals surface area contributed by atoms with Gasteiger partial charge in [-0.15, -0.1) is 0 Å². The molecule has 6 heteroatoms. The molecule has 2 heterocycles. The Hall–Kier alpha value is -1.16. The zero-order chi connectivity index (χ0) is 18.6. The van der Waals surface area contributed by atoms with Crippen molar-refractivity contribution in [2.45, 2.75) is 51.7 Å². The van der Waals surface area contributed by atoms with Crippen LogP contribution in [0.3, 0.4) is 0 Å². The summed E-state index contributed by atoms with van der Waals surface area (Å²) in [6, 6.07) is 3.45. The van der Waals surface area contributed by atoms with Gasteiger partial charge >= 0.3 is 0 Å². The lowest BCUT2D eigenvalue weighted by atomic mass is 9.98. The van der Waals surface area contributed by atoms with E-state index in [-0.39, 0.29) is 11.9 Å². The second-order valence-corrected chi connectivity index (χ2v) is 8.16. The second-order valence-electron chi connectivity index (χ2n) is 8.16. The van der Waals surface area contributed by atoms with Gasteiger partial charge in [-0.3, -0.25) is 14.6 Å². The molecule has 25 heavy (non-hydrogen) atoms. The van der Waals surface area contributed by atoms with Gasteiger partial charge in [-0.05, 0) is 46.3 Å². The molecule has 0 aromatic carbocycles. The average Bonchev–Trinajstić information content (AvgIpc) is 2.58. The predicted octanol–water partition coefficient (Wildman–Crippen LogP) is 1.09. The Morgan fingerprint density at radius 1 is 1.24 bits per heavy atom. The maximum atomic E-state index is 12.7. The zero-order valence-electron chi connectivity index (χ0n) is 16.6. The lowest BCUT2D eigenvalue weighted by Crippen LogP contribution is -2.55. The fourth-order valence-electron chi connectivity index (χ4n) is 4.01. The number of hydrogen-bond acceptors (Lipinski definition) is 5. The van der Waals surface area contributed by atoms with Crippen molar-refractivity contribution in [1.82, 2.24) is 19.6 Å². The van der Waals surface area contributed by atoms with Crippen molar-refractivity contribution in [1.29, 1.82) is 5.26 Å². The van der Waals surface area contributed by atoms with E-state index >= 15 is 0 Å². The van der Waals surface area contributed by atoms with E-state index < -0.39 is 0 Å². The highest BCUT2D eigenvalue weighted by atomic mass is 16.2. The lowest BCUT2D eigenvalue weighted by Gasteiger charge is -2.41. The molecule has 0 radical (unpaired) electrons. The quantitative estimate of drug-likeness (QED) is 0.744. The van der Waals surface area contributed by atoms with Gasteiger partial charge in [-0.2, -0.15) is 5.26 Å². The van der Waals surface area contributed by atoms with Crippen LogP contribution in [0.5, 0.6) is 0 Å². The molecular formula is C19H35N5O. The Morgan fingerprint density at radius 2 is 1.88 bits per heavy atom. The topological polar surface area (TPSA) is 53.8 Å². The van der Waals surface area contributed by atoms with Crippen molar-refractivity contribution >= 4 is 5.91 Å². The molecule has 142 valence electrons. The third-order valence-electron chi connectivity index (χ3n) is 6.01. The van der Waals surface area contributed by atoms with E-state index in [4.69, 9.17) is 0 Å². The molecule has 2 rings (SSSR count). The number of nitriles is 1. The first-order chi connectivity index (χ1) is 11.8. The molecule has 0 saturated carbocycles. The van der Waals surface area contributed by atoms with Crippen LogP contribution in [-0.2, 0) is 4.79 Å². The van der Waals surface area contributed by atoms with Crippen LogP contribution in [-0.4, -0.2) is 97.0 Å². The summed E-state index contributed by atoms with van der Waals surface area (Å²) in [4.78, 5) is 21.5. The highest BCUT2D eigenvalue weighted by Gasteiger charge is 2.30. The van der Waals surface area contributed by atoms with Crippen LogP contribution in [0.15, 0.2) is 0 Å². The number of nitrogens with zero attached hydrogens (tertiary/aromatic N) is 5. The third-order valence-corrected chi connectivity index (χ3v) is 6.01. The fourth-order valence-corrected chi connectivity index (χ4v) is 4.01. The Morgan fingerprint density at radius 3 is 2.40 bits per heavy atom. The largest absolute Gasteiger partial charge is 0.339 e. The summed E-state index contributed by atoms with van der Waals surface area (Å²) in [6.07, 6.45) is 2.27. The monoisotopic (exact) mass is 349 g/mol. The molecule has 6 nitrogen and oxygen atoms in total. The Labute approximate surface area is 153 Å². The second kappa shape index (κ2) is 8.98. The molecule has 3 atom stereocenters. The summed E-state index contributed by atoms with van der Waals surface area (Å²) in [5.74, 6) is 0.552. The highest BCUT2D eigenvalue weighted by Crippen LogP contribution is 2.20. The third kappa shape index (κ3) is 5.16. The molecule has 1 amide bonds. The molecule has 2 aliphatic heterocycles. The van der Waals surface area contributed by atoms with Gasteiger partial charge in [-0.25, -0.2) is 0 Å². The number of rotatable bonds is 5. The van der Waals surface area contributed by atoms with E-state index in [0.717, 1.165) is 45.6 Å². The van der Waals surface area contributed by atoms with E-state index in [1.54, 1.807) is 0 Å². The number of amides is 1. The Balaban J connectivity index is 1.80. The summed E-state index contributed by atoms with van der Waals surface area (Å²) in [7, 11) is 4.26. The maximum Gasteiger partial charge on any atom is 0.236 e. The van der Waals surface area contributed by atoms with E-state index in [1.165, 1.54) is 0 Å². The lowest BCUT2D eigenvalue weighted by molar-refractivity contribution is -0.135. The minimum absolute atomic E-state index is 0.0411. The van der Waals surface area contributed by atoms with E-state index in [1.807, 2.05) is 4.90 Å². The van der Waals surface area contributed by atoms with Gasteiger partial charge in [0, 0.05) is 38.3 Å². The molecule has 0 unspecified atom stereocenters. The molecule has 2 saturated heterocycles. The standard InChI is InChI=1S/C19H35N5O/c1-15(2)18(13-20)23-8-10-24(11-9-23)19(25)14-22(5)17-6-7-21(4)16(3)12-17/h15-18H,6-12,14H2,1-5H3/t16-,17+,18-/m0/s1. The number of likely N-dealkylation sites (N-methyl/N-ethyl adjacent to an activating group) is 1. The molecule has 2 aliphatic rings. The van der Waals surface area contributed by atoms with Gasteiger partial charge in [0.1, 0.15) is 6.04 Å². The molecule has 0 N–H and O–H groups in total. The van der Waals surface area contributed by atoms with Crippen LogP contribution in [0.4, 0.5) is 0 Å². The summed E-state index contributed by atoms with van der Waals surface area (Å²) < 4.78 is 0. The number of hydrogen-bond donors (Lipinski definition) is 0. The number of piperazine rings is 1. The molecule has 0 aliphatic carbocycles. The minimum atomic E-state index is -0.0411. The molecule has 0 spiro atoms. The number of carbonyl (C=O) groups is 1. The van der Waals surface area contributed by atoms with Crippen LogP contribution in [0, 0.1) is 17.2 Å². The Bertz CT molecular complexity index is 481. The Kier molecular flexibility index (Phi) is 7.24. The normalized spacial score (nSPS) is 27.5. The first-order valence-electron chi connectivity index (χ1n) is 9.65. The molecular weight excluding hydrogens is 314 g/mol. The van der Waals surface area contributed by atoms with Gasteiger partial charge < -0.3 is 9.80 Å². The van der Waals surface area contributed by atoms with Crippen molar-refractivity contribution in [2.24, 2.45) is 5.92 Å². The van der Waals surface area contributed by atoms with Crippen molar-refractivity contribution in [2.75, 3.05) is 53.4 Å². The number of likely N-dealkylation sites (tertiary alicyclic amines) is 1. The number of carbonyl (C=O) groups excluding carboxylic acids is 1. The minimum Gasteiger partial charge on any atom is -0.339 e. The zero-order valence-corrected chi connectivity index (χ0v) is 16.6. The van der Waals surface area contributed by atoms with Gasteiger partial charge in [0.25, 0.3) is 0 Å². The molecule has 2 fully saturated rings. The summed E-state index contributed by atoms with van der Waals surface area (Å²) in [5.41, 5.74) is 0. The summed E-state index contributed by atoms with van der Waals surface area (Å²) >= 11 is 0. The molecule has 0 bridgehead atoms. The van der Waals surface area contributed by atoms with Crippen LogP contribution in [0.1, 0.15) is 33.6 Å². The fraction of sp³-hybridized carbons (Fsp3) is 0.895. The summed E-state index contributed by atoms with van der Waals surface area (Å²) in [6.45, 7) is 11.1. The van der Waals surface area contributed by atoms with Gasteiger partial charge in [0.2, 0.25) is 5.91 Å². The predicted molar refractivity (Wildman–Crippen MR) is 100 cm³/mol. The van der Waals surface area contributed by atoms with Crippen molar-refractivity contribution in [3.8, 4) is 6.07 Å². The van der Waals surface area contributed by atoms with Gasteiger partial charge in [0.15, 0.2) is 0 Å². The first-order valence-corrected chi connectivity index (χ1v) is 9.65. The van der Waals surface area contributed by atoms with E-state index in [0.29, 0.717) is 24.5 Å². The van der Waals surface area contributed by atoms with Gasteiger partial charge in [0.05, 0.1) is 12.6 Å². The van der Waals surface area contributed by atoms with Crippen LogP contribution < -0.4 is 0 Å². The number of piperidine rings is 1. The van der Waals surface area contributed by atoms with Crippen molar-refractivity contribution in [3.05, 3.63) is 0 Å². The van der Waals surface area contributed by atoms with Crippen LogP contribution in [0.25, 0.3) is 0 Å².